The van der Waals surface area contributed by atoms with Gasteiger partial charge in [0, 0.05) is 19.1 Å². The third-order valence-electron chi connectivity index (χ3n) is 5.47. The molecule has 0 saturated carbocycles. The minimum atomic E-state index is -0.913. The van der Waals surface area contributed by atoms with E-state index in [0.29, 0.717) is 31.4 Å². The lowest BCUT2D eigenvalue weighted by molar-refractivity contribution is -0.161. The molecule has 0 spiro atoms. The Morgan fingerprint density at radius 2 is 2.11 bits per heavy atom. The average molecular weight is 377 g/mol. The molecule has 2 heterocycles. The van der Waals surface area contributed by atoms with Crippen LogP contribution in [-0.4, -0.2) is 48.6 Å². The highest BCUT2D eigenvalue weighted by Crippen LogP contribution is 2.36. The van der Waals surface area contributed by atoms with E-state index in [1.54, 1.807) is 30.0 Å². The number of amides is 1. The number of hydrazine groups is 1. The number of esters is 1. The standard InChI is InChI=1S/C20H28FN3O3/c1-3-27-19(26)20(12-15-7-4-5-8-16(15)21)9-6-10-24(13-20)18(25)17-11-14(2)22-23-17/h4-5,7-8,14,17,22-23H,3,6,9-13H2,1-2H3. The highest BCUT2D eigenvalue weighted by Gasteiger charge is 2.46. The van der Waals surface area contributed by atoms with Crippen molar-refractivity contribution in [3.05, 3.63) is 35.6 Å². The lowest BCUT2D eigenvalue weighted by Gasteiger charge is -2.41. The first kappa shape index (κ1) is 19.8. The summed E-state index contributed by atoms with van der Waals surface area (Å²) in [4.78, 5) is 27.5. The summed E-state index contributed by atoms with van der Waals surface area (Å²) in [5.74, 6) is -0.703. The van der Waals surface area contributed by atoms with Crippen molar-refractivity contribution in [3.63, 3.8) is 0 Å². The maximum atomic E-state index is 14.3. The number of hydrogen-bond donors (Lipinski definition) is 2. The quantitative estimate of drug-likeness (QED) is 0.766. The van der Waals surface area contributed by atoms with Gasteiger partial charge in [-0.05, 0) is 51.2 Å². The molecule has 2 aliphatic rings. The summed E-state index contributed by atoms with van der Waals surface area (Å²) >= 11 is 0. The molecule has 0 radical (unpaired) electrons. The first-order valence-corrected chi connectivity index (χ1v) is 9.65. The molecule has 3 atom stereocenters. The lowest BCUT2D eigenvalue weighted by Crippen LogP contribution is -2.55. The van der Waals surface area contributed by atoms with Crippen molar-refractivity contribution < 1.29 is 18.7 Å². The fourth-order valence-corrected chi connectivity index (χ4v) is 4.09. The number of piperidine rings is 1. The maximum absolute atomic E-state index is 14.3. The van der Waals surface area contributed by atoms with Gasteiger partial charge in [-0.3, -0.25) is 15.0 Å². The van der Waals surface area contributed by atoms with Crippen LogP contribution in [0.15, 0.2) is 24.3 Å². The number of hydrogen-bond acceptors (Lipinski definition) is 5. The molecule has 1 aromatic rings. The van der Waals surface area contributed by atoms with E-state index in [0.717, 1.165) is 0 Å². The topological polar surface area (TPSA) is 70.7 Å². The van der Waals surface area contributed by atoms with Crippen molar-refractivity contribution in [1.29, 1.82) is 0 Å². The van der Waals surface area contributed by atoms with Crippen LogP contribution in [0.5, 0.6) is 0 Å². The zero-order valence-electron chi connectivity index (χ0n) is 16.0. The van der Waals surface area contributed by atoms with Gasteiger partial charge in [0.2, 0.25) is 5.91 Å². The zero-order chi connectivity index (χ0) is 19.4. The molecule has 2 saturated heterocycles. The van der Waals surface area contributed by atoms with E-state index in [4.69, 9.17) is 4.74 Å². The molecule has 6 nitrogen and oxygen atoms in total. The fourth-order valence-electron chi connectivity index (χ4n) is 4.09. The zero-order valence-corrected chi connectivity index (χ0v) is 16.0. The van der Waals surface area contributed by atoms with Crippen LogP contribution >= 0.6 is 0 Å². The van der Waals surface area contributed by atoms with Crippen LogP contribution < -0.4 is 10.9 Å². The third-order valence-corrected chi connectivity index (χ3v) is 5.47. The first-order valence-electron chi connectivity index (χ1n) is 9.65. The second kappa shape index (κ2) is 8.35. The van der Waals surface area contributed by atoms with Gasteiger partial charge in [-0.25, -0.2) is 9.82 Å². The summed E-state index contributed by atoms with van der Waals surface area (Å²) < 4.78 is 19.6. The number of nitrogens with one attached hydrogen (secondary N) is 2. The fraction of sp³-hybridized carbons (Fsp3) is 0.600. The molecule has 2 N–H and O–H groups in total. The first-order chi connectivity index (χ1) is 12.9. The van der Waals surface area contributed by atoms with Gasteiger partial charge in [0.05, 0.1) is 12.0 Å². The molecule has 2 aliphatic heterocycles. The Morgan fingerprint density at radius 1 is 1.33 bits per heavy atom. The predicted octanol–water partition coefficient (Wildman–Crippen LogP) is 1.80. The molecule has 2 fully saturated rings. The van der Waals surface area contributed by atoms with Gasteiger partial charge in [0.25, 0.3) is 0 Å². The number of benzene rings is 1. The van der Waals surface area contributed by atoms with Gasteiger partial charge in [-0.15, -0.1) is 0 Å². The number of ether oxygens (including phenoxy) is 1. The molecule has 1 aromatic carbocycles. The van der Waals surface area contributed by atoms with Gasteiger partial charge in [-0.2, -0.15) is 0 Å². The van der Waals surface area contributed by atoms with Crippen molar-refractivity contribution >= 4 is 11.9 Å². The largest absolute Gasteiger partial charge is 0.466 e. The smallest absolute Gasteiger partial charge is 0.314 e. The Morgan fingerprint density at radius 3 is 2.78 bits per heavy atom. The predicted molar refractivity (Wildman–Crippen MR) is 99.1 cm³/mol. The molecule has 0 aliphatic carbocycles. The molecule has 3 unspecified atom stereocenters. The van der Waals surface area contributed by atoms with E-state index in [2.05, 4.69) is 10.9 Å². The summed E-state index contributed by atoms with van der Waals surface area (Å²) in [6.45, 7) is 4.89. The van der Waals surface area contributed by atoms with E-state index in [-0.39, 0.29) is 49.3 Å². The minimum absolute atomic E-state index is 0.0197. The SMILES string of the molecule is CCOC(=O)C1(Cc2ccccc2F)CCCN(C(=O)C2CC(C)NN2)C1. The normalized spacial score (nSPS) is 28.2. The molecule has 1 amide bonds. The van der Waals surface area contributed by atoms with Crippen LogP contribution in [0.25, 0.3) is 0 Å². The van der Waals surface area contributed by atoms with Gasteiger partial charge >= 0.3 is 5.97 Å². The second-order valence-electron chi connectivity index (χ2n) is 7.61. The van der Waals surface area contributed by atoms with Crippen molar-refractivity contribution in [2.24, 2.45) is 5.41 Å². The van der Waals surface area contributed by atoms with Gasteiger partial charge in [0.1, 0.15) is 11.9 Å². The summed E-state index contributed by atoms with van der Waals surface area (Å²) in [6, 6.07) is 6.41. The molecular weight excluding hydrogens is 349 g/mol. The van der Waals surface area contributed by atoms with E-state index >= 15 is 0 Å². The summed E-state index contributed by atoms with van der Waals surface area (Å²) in [7, 11) is 0. The number of halogens is 1. The Balaban J connectivity index is 1.82. The Hall–Kier alpha value is -1.99. The average Bonchev–Trinajstić information content (AvgIpc) is 3.10. The number of carbonyl (C=O) groups is 2. The van der Waals surface area contributed by atoms with Crippen molar-refractivity contribution in [1.82, 2.24) is 15.8 Å². The molecular formula is C20H28FN3O3. The van der Waals surface area contributed by atoms with Crippen molar-refractivity contribution in [3.8, 4) is 0 Å². The number of nitrogens with zero attached hydrogens (tertiary/aromatic N) is 1. The van der Waals surface area contributed by atoms with Crippen LogP contribution in [0.3, 0.4) is 0 Å². The van der Waals surface area contributed by atoms with Crippen molar-refractivity contribution in [2.75, 3.05) is 19.7 Å². The molecule has 7 heteroatoms. The van der Waals surface area contributed by atoms with E-state index in [9.17, 15) is 14.0 Å². The number of likely N-dealkylation sites (tertiary alicyclic amines) is 1. The summed E-state index contributed by atoms with van der Waals surface area (Å²) in [5, 5.41) is 0. The van der Waals surface area contributed by atoms with Crippen LogP contribution in [-0.2, 0) is 20.7 Å². The Bertz CT molecular complexity index is 699. The van der Waals surface area contributed by atoms with Gasteiger partial charge in [0.15, 0.2) is 0 Å². The highest BCUT2D eigenvalue weighted by molar-refractivity contribution is 5.84. The van der Waals surface area contributed by atoms with Crippen LogP contribution in [0.2, 0.25) is 0 Å². The van der Waals surface area contributed by atoms with E-state index in [1.165, 1.54) is 6.07 Å². The van der Waals surface area contributed by atoms with Crippen molar-refractivity contribution in [2.45, 2.75) is 51.6 Å². The van der Waals surface area contributed by atoms with Crippen LogP contribution in [0.4, 0.5) is 4.39 Å². The maximum Gasteiger partial charge on any atom is 0.314 e. The minimum Gasteiger partial charge on any atom is -0.466 e. The van der Waals surface area contributed by atoms with E-state index in [1.807, 2.05) is 6.92 Å². The Labute approximate surface area is 159 Å². The number of rotatable bonds is 5. The van der Waals surface area contributed by atoms with Gasteiger partial charge < -0.3 is 9.64 Å². The van der Waals surface area contributed by atoms with E-state index < -0.39 is 5.41 Å². The summed E-state index contributed by atoms with van der Waals surface area (Å²) in [6.07, 6.45) is 2.20. The molecule has 0 bridgehead atoms. The second-order valence-corrected chi connectivity index (χ2v) is 7.61. The van der Waals surface area contributed by atoms with Crippen LogP contribution in [0, 0.1) is 11.2 Å². The third kappa shape index (κ3) is 4.30. The Kier molecular flexibility index (Phi) is 6.11. The van der Waals surface area contributed by atoms with Crippen LogP contribution in [0.1, 0.15) is 38.7 Å². The summed E-state index contributed by atoms with van der Waals surface area (Å²) in [5.41, 5.74) is 5.66. The van der Waals surface area contributed by atoms with Gasteiger partial charge in [-0.1, -0.05) is 18.2 Å². The lowest BCUT2D eigenvalue weighted by atomic mass is 9.74. The monoisotopic (exact) mass is 377 g/mol. The molecule has 27 heavy (non-hydrogen) atoms. The highest BCUT2D eigenvalue weighted by atomic mass is 19.1. The molecule has 0 aromatic heterocycles. The number of carbonyl (C=O) groups excluding carboxylic acids is 2. The molecule has 3 rings (SSSR count). The molecule has 148 valence electrons.